The molecule has 2 rings (SSSR count). The number of rotatable bonds is 2. The summed E-state index contributed by atoms with van der Waals surface area (Å²) >= 11 is 1.76. The summed E-state index contributed by atoms with van der Waals surface area (Å²) in [5.41, 5.74) is 5.87. The third kappa shape index (κ3) is 1.46. The molecular formula is C11H13NS. The molecule has 0 unspecified atom stereocenters. The Bertz CT molecular complexity index is 417. The molecule has 1 heterocycles. The van der Waals surface area contributed by atoms with Crippen molar-refractivity contribution in [2.75, 3.05) is 0 Å². The number of benzene rings is 1. The van der Waals surface area contributed by atoms with Gasteiger partial charge in [-0.05, 0) is 24.5 Å². The fraction of sp³-hybridized carbons (Fsp3) is 0.364. The van der Waals surface area contributed by atoms with E-state index in [1.165, 1.54) is 34.2 Å². The average molecular weight is 191 g/mol. The monoisotopic (exact) mass is 191 g/mol. The number of aromatic nitrogens is 1. The van der Waals surface area contributed by atoms with Gasteiger partial charge in [-0.3, -0.25) is 0 Å². The number of thiazole rings is 1. The quantitative estimate of drug-likeness (QED) is 0.707. The highest BCUT2D eigenvalue weighted by Crippen LogP contribution is 2.25. The van der Waals surface area contributed by atoms with E-state index in [4.69, 9.17) is 0 Å². The van der Waals surface area contributed by atoms with Gasteiger partial charge in [0, 0.05) is 0 Å². The molecule has 0 amide bonds. The Morgan fingerprint density at radius 2 is 2.23 bits per heavy atom. The molecule has 0 radical (unpaired) electrons. The van der Waals surface area contributed by atoms with Crippen molar-refractivity contribution in [3.05, 3.63) is 28.8 Å². The van der Waals surface area contributed by atoms with E-state index in [1.807, 2.05) is 5.51 Å². The van der Waals surface area contributed by atoms with Gasteiger partial charge in [0.15, 0.2) is 0 Å². The molecule has 0 spiro atoms. The van der Waals surface area contributed by atoms with Gasteiger partial charge in [0.25, 0.3) is 0 Å². The first kappa shape index (κ1) is 8.70. The lowest BCUT2D eigenvalue weighted by molar-refractivity contribution is 0.930. The number of hydrogen-bond donors (Lipinski definition) is 0. The lowest BCUT2D eigenvalue weighted by atomic mass is 10.1. The van der Waals surface area contributed by atoms with E-state index in [0.29, 0.717) is 0 Å². The molecule has 1 nitrogen and oxygen atoms in total. The normalized spacial score (nSPS) is 10.9. The zero-order valence-corrected chi connectivity index (χ0v) is 8.82. The van der Waals surface area contributed by atoms with Crippen molar-refractivity contribution in [3.8, 4) is 0 Å². The summed E-state index contributed by atoms with van der Waals surface area (Å²) < 4.78 is 1.38. The average Bonchev–Trinajstić information content (AvgIpc) is 2.59. The standard InChI is InChI=1S/C11H13NS/c1-3-4-9-6-5-8(2)10-11(9)13-7-12-10/h5-7H,3-4H2,1-2H3. The Hall–Kier alpha value is -0.890. The van der Waals surface area contributed by atoms with Gasteiger partial charge in [0.1, 0.15) is 0 Å². The predicted octanol–water partition coefficient (Wildman–Crippen LogP) is 3.56. The Labute approximate surface area is 82.4 Å². The van der Waals surface area contributed by atoms with Crippen LogP contribution in [-0.2, 0) is 6.42 Å². The molecule has 0 N–H and O–H groups in total. The van der Waals surface area contributed by atoms with Gasteiger partial charge in [-0.25, -0.2) is 4.98 Å². The summed E-state index contributed by atoms with van der Waals surface area (Å²) in [5, 5.41) is 0. The van der Waals surface area contributed by atoms with Crippen LogP contribution in [0.4, 0.5) is 0 Å². The van der Waals surface area contributed by atoms with E-state index >= 15 is 0 Å². The molecule has 0 aliphatic rings. The van der Waals surface area contributed by atoms with E-state index in [1.54, 1.807) is 11.3 Å². The molecule has 0 aliphatic carbocycles. The summed E-state index contributed by atoms with van der Waals surface area (Å²) in [6, 6.07) is 4.41. The second-order valence-corrected chi connectivity index (χ2v) is 4.18. The molecule has 0 atom stereocenters. The molecule has 1 aromatic carbocycles. The summed E-state index contributed by atoms with van der Waals surface area (Å²) in [6.45, 7) is 4.34. The van der Waals surface area contributed by atoms with Crippen molar-refractivity contribution in [3.63, 3.8) is 0 Å². The van der Waals surface area contributed by atoms with Gasteiger partial charge >= 0.3 is 0 Å². The van der Waals surface area contributed by atoms with Gasteiger partial charge in [0.2, 0.25) is 0 Å². The second kappa shape index (κ2) is 3.46. The largest absolute Gasteiger partial charge is 0.244 e. The highest BCUT2D eigenvalue weighted by molar-refractivity contribution is 7.17. The van der Waals surface area contributed by atoms with Crippen molar-refractivity contribution in [2.45, 2.75) is 26.7 Å². The molecule has 2 aromatic rings. The van der Waals surface area contributed by atoms with Crippen LogP contribution in [0.3, 0.4) is 0 Å². The van der Waals surface area contributed by atoms with E-state index in [0.717, 1.165) is 0 Å². The van der Waals surface area contributed by atoms with Crippen molar-refractivity contribution in [1.82, 2.24) is 4.98 Å². The number of fused-ring (bicyclic) bond motifs is 1. The second-order valence-electron chi connectivity index (χ2n) is 3.32. The van der Waals surface area contributed by atoms with Gasteiger partial charge in [-0.15, -0.1) is 11.3 Å². The smallest absolute Gasteiger partial charge is 0.0843 e. The molecule has 0 bridgehead atoms. The zero-order valence-electron chi connectivity index (χ0n) is 8.00. The van der Waals surface area contributed by atoms with Crippen molar-refractivity contribution in [1.29, 1.82) is 0 Å². The summed E-state index contributed by atoms with van der Waals surface area (Å²) in [4.78, 5) is 4.38. The Balaban J connectivity index is 2.64. The Morgan fingerprint density at radius 3 is 3.00 bits per heavy atom. The molecule has 13 heavy (non-hydrogen) atoms. The fourth-order valence-electron chi connectivity index (χ4n) is 1.60. The maximum absolute atomic E-state index is 4.38. The molecule has 1 aromatic heterocycles. The first-order chi connectivity index (χ1) is 6.33. The SMILES string of the molecule is CCCc1ccc(C)c2ncsc12. The van der Waals surface area contributed by atoms with E-state index in [-0.39, 0.29) is 0 Å². The van der Waals surface area contributed by atoms with Gasteiger partial charge in [-0.1, -0.05) is 25.5 Å². The highest BCUT2D eigenvalue weighted by Gasteiger charge is 2.04. The number of aryl methyl sites for hydroxylation is 2. The van der Waals surface area contributed by atoms with Crippen LogP contribution in [0, 0.1) is 6.92 Å². The molecule has 0 saturated heterocycles. The lowest BCUT2D eigenvalue weighted by Crippen LogP contribution is -1.85. The van der Waals surface area contributed by atoms with Crippen LogP contribution in [0.15, 0.2) is 17.6 Å². The molecule has 2 heteroatoms. The van der Waals surface area contributed by atoms with Crippen molar-refractivity contribution < 1.29 is 0 Å². The minimum atomic E-state index is 1.17. The highest BCUT2D eigenvalue weighted by atomic mass is 32.1. The molecule has 68 valence electrons. The topological polar surface area (TPSA) is 12.9 Å². The van der Waals surface area contributed by atoms with Crippen molar-refractivity contribution in [2.24, 2.45) is 0 Å². The number of hydrogen-bond acceptors (Lipinski definition) is 2. The first-order valence-corrected chi connectivity index (χ1v) is 5.52. The van der Waals surface area contributed by atoms with Crippen LogP contribution >= 0.6 is 11.3 Å². The summed E-state index contributed by atoms with van der Waals surface area (Å²) in [5.74, 6) is 0. The zero-order chi connectivity index (χ0) is 9.26. The third-order valence-corrected chi connectivity index (χ3v) is 3.19. The number of nitrogens with zero attached hydrogens (tertiary/aromatic N) is 1. The Morgan fingerprint density at radius 1 is 1.38 bits per heavy atom. The fourth-order valence-corrected chi connectivity index (χ4v) is 2.51. The summed E-state index contributed by atoms with van der Waals surface area (Å²) in [7, 11) is 0. The van der Waals surface area contributed by atoms with E-state index in [9.17, 15) is 0 Å². The van der Waals surface area contributed by atoms with Gasteiger partial charge < -0.3 is 0 Å². The van der Waals surface area contributed by atoms with E-state index < -0.39 is 0 Å². The van der Waals surface area contributed by atoms with E-state index in [2.05, 4.69) is 31.0 Å². The first-order valence-electron chi connectivity index (χ1n) is 4.64. The minimum absolute atomic E-state index is 1.17. The van der Waals surface area contributed by atoms with Crippen LogP contribution in [0.2, 0.25) is 0 Å². The van der Waals surface area contributed by atoms with Gasteiger partial charge in [0.05, 0.1) is 15.7 Å². The molecule has 0 fully saturated rings. The predicted molar refractivity (Wildman–Crippen MR) is 58.4 cm³/mol. The molecule has 0 saturated carbocycles. The van der Waals surface area contributed by atoms with Crippen molar-refractivity contribution >= 4 is 21.6 Å². The van der Waals surface area contributed by atoms with Crippen LogP contribution in [-0.4, -0.2) is 4.98 Å². The summed E-state index contributed by atoms with van der Waals surface area (Å²) in [6.07, 6.45) is 2.37. The maximum Gasteiger partial charge on any atom is 0.0843 e. The lowest BCUT2D eigenvalue weighted by Gasteiger charge is -2.01. The van der Waals surface area contributed by atoms with Crippen LogP contribution in [0.1, 0.15) is 24.5 Å². The molecule has 0 aliphatic heterocycles. The Kier molecular flexibility index (Phi) is 2.32. The van der Waals surface area contributed by atoms with Crippen LogP contribution in [0.5, 0.6) is 0 Å². The third-order valence-electron chi connectivity index (χ3n) is 2.29. The van der Waals surface area contributed by atoms with Crippen LogP contribution < -0.4 is 0 Å². The maximum atomic E-state index is 4.38. The van der Waals surface area contributed by atoms with Gasteiger partial charge in [-0.2, -0.15) is 0 Å². The van der Waals surface area contributed by atoms with Crippen LogP contribution in [0.25, 0.3) is 10.2 Å². The molecular weight excluding hydrogens is 178 g/mol. The minimum Gasteiger partial charge on any atom is -0.244 e.